The molecule has 156 valence electrons. The third-order valence-electron chi connectivity index (χ3n) is 5.44. The van der Waals surface area contributed by atoms with Crippen molar-refractivity contribution >= 4 is 29.9 Å². The minimum atomic E-state index is 0. The molecule has 7 heteroatoms. The Labute approximate surface area is 181 Å². The summed E-state index contributed by atoms with van der Waals surface area (Å²) in [6.45, 7) is 11.9. The molecule has 2 N–H and O–H groups in total. The highest BCUT2D eigenvalue weighted by Crippen LogP contribution is 2.22. The van der Waals surface area contributed by atoms with Crippen molar-refractivity contribution in [1.29, 1.82) is 0 Å². The van der Waals surface area contributed by atoms with E-state index >= 15 is 0 Å². The lowest BCUT2D eigenvalue weighted by molar-refractivity contribution is 0.185. The van der Waals surface area contributed by atoms with E-state index in [1.165, 1.54) is 38.9 Å². The minimum absolute atomic E-state index is 0. The summed E-state index contributed by atoms with van der Waals surface area (Å²) >= 11 is 0. The van der Waals surface area contributed by atoms with Crippen LogP contribution < -0.4 is 10.6 Å². The number of nitrogens with one attached hydrogen (secondary N) is 2. The Morgan fingerprint density at radius 3 is 2.56 bits per heavy atom. The molecule has 0 bridgehead atoms. The molecule has 0 amide bonds. The summed E-state index contributed by atoms with van der Waals surface area (Å²) in [4.78, 5) is 6.90. The fraction of sp³-hybridized carbons (Fsp3) is 0.800. The van der Waals surface area contributed by atoms with E-state index in [4.69, 9.17) is 4.52 Å². The highest BCUT2D eigenvalue weighted by Gasteiger charge is 2.19. The van der Waals surface area contributed by atoms with Gasteiger partial charge in [-0.1, -0.05) is 25.9 Å². The molecule has 0 aliphatic carbocycles. The maximum Gasteiger partial charge on any atom is 0.191 e. The third-order valence-corrected chi connectivity index (χ3v) is 5.44. The van der Waals surface area contributed by atoms with E-state index in [1.54, 1.807) is 0 Å². The Morgan fingerprint density at radius 2 is 1.96 bits per heavy atom. The number of aliphatic imine (C=N–C) groups is 1. The Bertz CT molecular complexity index is 536. The van der Waals surface area contributed by atoms with Crippen LogP contribution in [-0.2, 0) is 6.54 Å². The lowest BCUT2D eigenvalue weighted by atomic mass is 9.97. The van der Waals surface area contributed by atoms with E-state index in [2.05, 4.69) is 52.5 Å². The fourth-order valence-corrected chi connectivity index (χ4v) is 3.67. The van der Waals surface area contributed by atoms with Crippen LogP contribution >= 0.6 is 24.0 Å². The average Bonchev–Trinajstić information content (AvgIpc) is 3.13. The van der Waals surface area contributed by atoms with Crippen LogP contribution in [0.2, 0.25) is 0 Å². The molecule has 0 saturated carbocycles. The van der Waals surface area contributed by atoms with Gasteiger partial charge in [0.1, 0.15) is 0 Å². The second-order valence-electron chi connectivity index (χ2n) is 7.32. The molecule has 27 heavy (non-hydrogen) atoms. The number of hydrogen-bond acceptors (Lipinski definition) is 4. The number of nitrogens with zero attached hydrogens (tertiary/aromatic N) is 3. The van der Waals surface area contributed by atoms with E-state index in [1.807, 2.05) is 7.05 Å². The van der Waals surface area contributed by atoms with Gasteiger partial charge in [-0.3, -0.25) is 4.99 Å². The van der Waals surface area contributed by atoms with Crippen molar-refractivity contribution in [3.05, 3.63) is 17.5 Å². The molecule has 0 radical (unpaired) electrons. The van der Waals surface area contributed by atoms with Gasteiger partial charge in [-0.15, -0.1) is 24.0 Å². The molecule has 1 aromatic rings. The Balaban J connectivity index is 0.00000364. The van der Waals surface area contributed by atoms with Crippen molar-refractivity contribution in [2.75, 3.05) is 33.2 Å². The van der Waals surface area contributed by atoms with Gasteiger partial charge in [0.05, 0.1) is 12.2 Å². The molecule has 1 saturated heterocycles. The average molecular weight is 491 g/mol. The summed E-state index contributed by atoms with van der Waals surface area (Å²) in [5.41, 5.74) is 1.06. The first-order valence-corrected chi connectivity index (χ1v) is 10.3. The molecule has 1 aromatic heterocycles. The summed E-state index contributed by atoms with van der Waals surface area (Å²) in [6.07, 6.45) is 5.97. The number of rotatable bonds is 9. The molecule has 1 aliphatic heterocycles. The van der Waals surface area contributed by atoms with Crippen LogP contribution in [0.4, 0.5) is 0 Å². The van der Waals surface area contributed by atoms with E-state index in [0.29, 0.717) is 12.5 Å². The molecular weight excluding hydrogens is 453 g/mol. The van der Waals surface area contributed by atoms with E-state index in [-0.39, 0.29) is 24.0 Å². The SMILES string of the molecule is CCCN1CCC(CNC(=NC)NCc2cc(C(CC)CC)no2)CC1.I. The van der Waals surface area contributed by atoms with Gasteiger partial charge in [0, 0.05) is 25.6 Å². The molecule has 1 aliphatic rings. The molecule has 2 rings (SSSR count). The smallest absolute Gasteiger partial charge is 0.191 e. The summed E-state index contributed by atoms with van der Waals surface area (Å²) in [5.74, 6) is 2.92. The van der Waals surface area contributed by atoms with Gasteiger partial charge in [-0.25, -0.2) is 0 Å². The van der Waals surface area contributed by atoms with Gasteiger partial charge in [-0.05, 0) is 57.7 Å². The van der Waals surface area contributed by atoms with Crippen molar-refractivity contribution in [2.24, 2.45) is 10.9 Å². The highest BCUT2D eigenvalue weighted by atomic mass is 127. The lowest BCUT2D eigenvalue weighted by Gasteiger charge is -2.32. The number of likely N-dealkylation sites (tertiary alicyclic amines) is 1. The van der Waals surface area contributed by atoms with Crippen LogP contribution in [0.3, 0.4) is 0 Å². The van der Waals surface area contributed by atoms with Gasteiger partial charge in [0.2, 0.25) is 0 Å². The minimum Gasteiger partial charge on any atom is -0.359 e. The van der Waals surface area contributed by atoms with Crippen LogP contribution in [-0.4, -0.2) is 49.2 Å². The van der Waals surface area contributed by atoms with Crippen molar-refractivity contribution in [3.63, 3.8) is 0 Å². The van der Waals surface area contributed by atoms with Gasteiger partial charge in [0.25, 0.3) is 0 Å². The number of piperidine rings is 1. The van der Waals surface area contributed by atoms with Gasteiger partial charge in [0.15, 0.2) is 11.7 Å². The second kappa shape index (κ2) is 13.4. The Hall–Kier alpha value is -0.830. The number of guanidine groups is 1. The summed E-state index contributed by atoms with van der Waals surface area (Å²) in [7, 11) is 1.81. The largest absolute Gasteiger partial charge is 0.359 e. The van der Waals surface area contributed by atoms with E-state index in [0.717, 1.165) is 42.7 Å². The second-order valence-corrected chi connectivity index (χ2v) is 7.32. The third kappa shape index (κ3) is 7.97. The number of aromatic nitrogens is 1. The molecule has 0 atom stereocenters. The lowest BCUT2D eigenvalue weighted by Crippen LogP contribution is -2.42. The molecule has 0 unspecified atom stereocenters. The van der Waals surface area contributed by atoms with Crippen LogP contribution in [0.25, 0.3) is 0 Å². The number of halogens is 1. The molecule has 0 aromatic carbocycles. The van der Waals surface area contributed by atoms with Gasteiger partial charge >= 0.3 is 0 Å². The quantitative estimate of drug-likeness (QED) is 0.311. The monoisotopic (exact) mass is 491 g/mol. The maximum atomic E-state index is 5.47. The van der Waals surface area contributed by atoms with E-state index in [9.17, 15) is 0 Å². The van der Waals surface area contributed by atoms with Crippen molar-refractivity contribution in [2.45, 2.75) is 65.3 Å². The molecule has 0 spiro atoms. The molecule has 1 fully saturated rings. The van der Waals surface area contributed by atoms with Gasteiger partial charge < -0.3 is 20.1 Å². The summed E-state index contributed by atoms with van der Waals surface area (Å²) in [6, 6.07) is 2.07. The van der Waals surface area contributed by atoms with Gasteiger partial charge in [-0.2, -0.15) is 0 Å². The van der Waals surface area contributed by atoms with Crippen molar-refractivity contribution in [1.82, 2.24) is 20.7 Å². The molecular formula is C20H38IN5O. The Kier molecular flexibility index (Phi) is 12.0. The topological polar surface area (TPSA) is 65.7 Å². The fourth-order valence-electron chi connectivity index (χ4n) is 3.67. The molecule has 2 heterocycles. The zero-order valence-corrected chi connectivity index (χ0v) is 19.8. The summed E-state index contributed by atoms with van der Waals surface area (Å²) < 4.78 is 5.47. The standard InChI is InChI=1S/C20H37N5O.HI/c1-5-10-25-11-8-16(9-12-25)14-22-20(21-4)23-15-18-13-19(24-26-18)17(6-2)7-3;/h13,16-17H,5-12,14-15H2,1-4H3,(H2,21,22,23);1H. The zero-order chi connectivity index (χ0) is 18.8. The van der Waals surface area contributed by atoms with Crippen LogP contribution in [0.1, 0.15) is 70.2 Å². The van der Waals surface area contributed by atoms with Crippen molar-refractivity contribution < 1.29 is 4.52 Å². The Morgan fingerprint density at radius 1 is 1.26 bits per heavy atom. The van der Waals surface area contributed by atoms with E-state index < -0.39 is 0 Å². The van der Waals surface area contributed by atoms with Crippen molar-refractivity contribution in [3.8, 4) is 0 Å². The van der Waals surface area contributed by atoms with Crippen LogP contribution in [0.15, 0.2) is 15.6 Å². The maximum absolute atomic E-state index is 5.47. The first-order valence-electron chi connectivity index (χ1n) is 10.3. The highest BCUT2D eigenvalue weighted by molar-refractivity contribution is 14.0. The first kappa shape index (κ1) is 24.2. The normalized spacial score (nSPS) is 16.4. The number of hydrogen-bond donors (Lipinski definition) is 2. The molecule has 6 nitrogen and oxygen atoms in total. The predicted molar refractivity (Wildman–Crippen MR) is 123 cm³/mol. The van der Waals surface area contributed by atoms with Crippen LogP contribution in [0.5, 0.6) is 0 Å². The first-order chi connectivity index (χ1) is 12.7. The zero-order valence-electron chi connectivity index (χ0n) is 17.5. The van der Waals surface area contributed by atoms with Crippen LogP contribution in [0, 0.1) is 5.92 Å². The predicted octanol–water partition coefficient (Wildman–Crippen LogP) is 3.98. The summed E-state index contributed by atoms with van der Waals surface area (Å²) in [5, 5.41) is 11.0.